The van der Waals surface area contributed by atoms with Crippen molar-refractivity contribution in [3.63, 3.8) is 0 Å². The molecule has 1 aromatic carbocycles. The fraction of sp³-hybridized carbons (Fsp3) is 0.565. The molecule has 5 rings (SSSR count). The predicted octanol–water partition coefficient (Wildman–Crippen LogP) is 0.402. The molecule has 0 radical (unpaired) electrons. The molecule has 2 aliphatic rings. The molecule has 3 aromatic rings. The Labute approximate surface area is 178 Å². The van der Waals surface area contributed by atoms with Crippen LogP contribution in [-0.2, 0) is 5.54 Å². The number of hydrogen-bond donors (Lipinski definition) is 2. The zero-order chi connectivity index (χ0) is 20.7. The van der Waals surface area contributed by atoms with Gasteiger partial charge in [0.05, 0.1) is 17.6 Å². The SMILES string of the molecule is CCC(C)(C)n1nnnc1[C@@H](c1ccc2ncccc2c1)[NH+]1CC[NH+]2CCC[C@@H]2C1. The van der Waals surface area contributed by atoms with Crippen LogP contribution in [0.5, 0.6) is 0 Å². The van der Waals surface area contributed by atoms with Crippen molar-refractivity contribution in [1.29, 1.82) is 0 Å². The second-order valence-corrected chi connectivity index (χ2v) is 9.61. The van der Waals surface area contributed by atoms with Gasteiger partial charge in [-0.25, -0.2) is 4.68 Å². The van der Waals surface area contributed by atoms with Crippen LogP contribution in [-0.4, -0.2) is 57.4 Å². The summed E-state index contributed by atoms with van der Waals surface area (Å²) >= 11 is 0. The molecule has 7 nitrogen and oxygen atoms in total. The van der Waals surface area contributed by atoms with E-state index in [0.29, 0.717) is 0 Å². The molecule has 4 atom stereocenters. The molecule has 0 amide bonds. The fourth-order valence-electron chi connectivity index (χ4n) is 5.36. The molecule has 0 bridgehead atoms. The van der Waals surface area contributed by atoms with E-state index in [1.54, 1.807) is 9.80 Å². The van der Waals surface area contributed by atoms with Crippen molar-refractivity contribution < 1.29 is 9.80 Å². The van der Waals surface area contributed by atoms with Gasteiger partial charge in [0, 0.05) is 30.0 Å². The van der Waals surface area contributed by atoms with Crippen molar-refractivity contribution in [2.24, 2.45) is 0 Å². The Morgan fingerprint density at radius 1 is 1.20 bits per heavy atom. The van der Waals surface area contributed by atoms with E-state index in [9.17, 15) is 0 Å². The van der Waals surface area contributed by atoms with Crippen LogP contribution in [0.4, 0.5) is 0 Å². The van der Waals surface area contributed by atoms with Gasteiger partial charge in [0.25, 0.3) is 0 Å². The third-order valence-corrected chi connectivity index (χ3v) is 7.46. The van der Waals surface area contributed by atoms with Crippen molar-refractivity contribution in [3.05, 3.63) is 47.9 Å². The number of tetrazole rings is 1. The number of pyridine rings is 1. The van der Waals surface area contributed by atoms with Gasteiger partial charge >= 0.3 is 0 Å². The lowest BCUT2D eigenvalue weighted by atomic mass is 9.97. The number of nitrogens with zero attached hydrogens (tertiary/aromatic N) is 5. The first-order chi connectivity index (χ1) is 14.6. The lowest BCUT2D eigenvalue weighted by molar-refractivity contribution is -1.03. The highest BCUT2D eigenvalue weighted by molar-refractivity contribution is 5.79. The van der Waals surface area contributed by atoms with E-state index >= 15 is 0 Å². The summed E-state index contributed by atoms with van der Waals surface area (Å²) < 4.78 is 2.08. The minimum atomic E-state index is -0.116. The summed E-state index contributed by atoms with van der Waals surface area (Å²) in [6.45, 7) is 11.6. The summed E-state index contributed by atoms with van der Waals surface area (Å²) in [4.78, 5) is 7.91. The number of aromatic nitrogens is 5. The minimum Gasteiger partial charge on any atom is -0.323 e. The van der Waals surface area contributed by atoms with Crippen LogP contribution >= 0.6 is 0 Å². The molecule has 30 heavy (non-hydrogen) atoms. The maximum Gasteiger partial charge on any atom is 0.214 e. The molecule has 4 heterocycles. The third-order valence-electron chi connectivity index (χ3n) is 7.46. The van der Waals surface area contributed by atoms with E-state index in [1.165, 1.54) is 43.4 Å². The van der Waals surface area contributed by atoms with Gasteiger partial charge in [0.1, 0.15) is 25.7 Å². The van der Waals surface area contributed by atoms with Gasteiger partial charge in [-0.1, -0.05) is 19.1 Å². The summed E-state index contributed by atoms with van der Waals surface area (Å²) in [6.07, 6.45) is 5.55. The summed E-state index contributed by atoms with van der Waals surface area (Å²) in [5.41, 5.74) is 2.21. The fourth-order valence-corrected chi connectivity index (χ4v) is 5.36. The van der Waals surface area contributed by atoms with Gasteiger partial charge in [-0.3, -0.25) is 4.98 Å². The summed E-state index contributed by atoms with van der Waals surface area (Å²) in [5.74, 6) is 0.988. The molecule has 2 N–H and O–H groups in total. The molecule has 0 spiro atoms. The lowest BCUT2D eigenvalue weighted by Crippen LogP contribution is -3.29. The molecule has 2 aliphatic heterocycles. The van der Waals surface area contributed by atoms with E-state index in [4.69, 9.17) is 0 Å². The van der Waals surface area contributed by atoms with Gasteiger partial charge in [-0.05, 0) is 48.9 Å². The van der Waals surface area contributed by atoms with E-state index in [2.05, 4.69) is 70.2 Å². The lowest BCUT2D eigenvalue weighted by Gasteiger charge is -2.37. The highest BCUT2D eigenvalue weighted by Crippen LogP contribution is 2.26. The molecule has 2 fully saturated rings. The highest BCUT2D eigenvalue weighted by atomic mass is 15.6. The third kappa shape index (κ3) is 3.40. The molecule has 0 aliphatic carbocycles. The van der Waals surface area contributed by atoms with Gasteiger partial charge in [-0.2, -0.15) is 0 Å². The minimum absolute atomic E-state index is 0.116. The number of fused-ring (bicyclic) bond motifs is 2. The molecule has 2 unspecified atom stereocenters. The number of hydrogen-bond acceptors (Lipinski definition) is 4. The zero-order valence-corrected chi connectivity index (χ0v) is 18.3. The molecule has 2 aromatic heterocycles. The first kappa shape index (κ1) is 19.6. The van der Waals surface area contributed by atoms with Gasteiger partial charge in [-0.15, -0.1) is 5.10 Å². The van der Waals surface area contributed by atoms with E-state index < -0.39 is 0 Å². The Morgan fingerprint density at radius 3 is 2.97 bits per heavy atom. The average Bonchev–Trinajstić information content (AvgIpc) is 3.43. The number of quaternary nitrogens is 2. The molecule has 7 heteroatoms. The van der Waals surface area contributed by atoms with Crippen molar-refractivity contribution in [1.82, 2.24) is 25.2 Å². The van der Waals surface area contributed by atoms with Crippen LogP contribution in [0.2, 0.25) is 0 Å². The molecule has 158 valence electrons. The average molecular weight is 408 g/mol. The van der Waals surface area contributed by atoms with Crippen LogP contribution in [0.25, 0.3) is 10.9 Å². The highest BCUT2D eigenvalue weighted by Gasteiger charge is 2.43. The second-order valence-electron chi connectivity index (χ2n) is 9.61. The van der Waals surface area contributed by atoms with E-state index in [1.807, 2.05) is 12.3 Å². The van der Waals surface area contributed by atoms with E-state index in [0.717, 1.165) is 30.3 Å². The van der Waals surface area contributed by atoms with Crippen molar-refractivity contribution in [3.8, 4) is 0 Å². The van der Waals surface area contributed by atoms with Crippen molar-refractivity contribution in [2.75, 3.05) is 26.2 Å². The number of rotatable bonds is 5. The summed E-state index contributed by atoms with van der Waals surface area (Å²) in [7, 11) is 0. The van der Waals surface area contributed by atoms with Crippen LogP contribution in [0.15, 0.2) is 36.5 Å². The van der Waals surface area contributed by atoms with Gasteiger partial charge < -0.3 is 9.80 Å². The second kappa shape index (κ2) is 7.71. The van der Waals surface area contributed by atoms with Crippen LogP contribution in [0.3, 0.4) is 0 Å². The first-order valence-corrected chi connectivity index (χ1v) is 11.4. The van der Waals surface area contributed by atoms with Gasteiger partial charge in [0.2, 0.25) is 5.82 Å². The maximum atomic E-state index is 4.61. The topological polar surface area (TPSA) is 65.4 Å². The summed E-state index contributed by atoms with van der Waals surface area (Å²) in [6, 6.07) is 11.7. The Hall–Kier alpha value is -2.38. The number of nitrogens with one attached hydrogen (secondary N) is 2. The van der Waals surface area contributed by atoms with Crippen molar-refractivity contribution in [2.45, 2.75) is 57.7 Å². The Morgan fingerprint density at radius 2 is 2.10 bits per heavy atom. The molecular weight excluding hydrogens is 374 g/mol. The first-order valence-electron chi connectivity index (χ1n) is 11.4. The van der Waals surface area contributed by atoms with Gasteiger partial charge in [0.15, 0.2) is 6.04 Å². The van der Waals surface area contributed by atoms with Crippen LogP contribution in [0, 0.1) is 0 Å². The molecular formula is C23H33N7+2. The quantitative estimate of drug-likeness (QED) is 0.643. The Kier molecular flexibility index (Phi) is 5.03. The largest absolute Gasteiger partial charge is 0.323 e. The standard InChI is InChI=1S/C23H31N7/c1-4-23(2,3)30-22(25-26-27-30)21(29-14-13-28-12-6-8-19(28)16-29)18-9-10-20-17(15-18)7-5-11-24-20/h5,7,9-11,15,19,21H,4,6,8,12-14,16H2,1-3H3/p+2/t19-,21-/m1/s1. The zero-order valence-electron chi connectivity index (χ0n) is 18.3. The monoisotopic (exact) mass is 407 g/mol. The van der Waals surface area contributed by atoms with Crippen LogP contribution in [0.1, 0.15) is 57.5 Å². The number of piperazine rings is 1. The smallest absolute Gasteiger partial charge is 0.214 e. The predicted molar refractivity (Wildman–Crippen MR) is 115 cm³/mol. The van der Waals surface area contributed by atoms with Crippen LogP contribution < -0.4 is 9.80 Å². The molecule has 2 saturated heterocycles. The molecule has 0 saturated carbocycles. The van der Waals surface area contributed by atoms with E-state index in [-0.39, 0.29) is 11.6 Å². The van der Waals surface area contributed by atoms with Crippen molar-refractivity contribution >= 4 is 10.9 Å². The summed E-state index contributed by atoms with van der Waals surface area (Å²) in [5, 5.41) is 14.4. The number of benzene rings is 1. The Bertz CT molecular complexity index is 1030. The maximum absolute atomic E-state index is 4.61. The Balaban J connectivity index is 1.60. The normalized spacial score (nSPS) is 25.4.